The molecule has 0 aromatic carbocycles. The molecule has 0 saturated heterocycles. The third-order valence-corrected chi connectivity index (χ3v) is 4.29. The molecule has 29 heavy (non-hydrogen) atoms. The van der Waals surface area contributed by atoms with E-state index in [1.807, 2.05) is 23.1 Å². The number of carbonyl (C=O) groups is 1. The Bertz CT molecular complexity index is 1100. The topological polar surface area (TPSA) is 103 Å². The van der Waals surface area contributed by atoms with E-state index in [0.29, 0.717) is 5.82 Å². The molecule has 0 spiro atoms. The molecular formula is C20H20N8O. The van der Waals surface area contributed by atoms with Crippen LogP contribution in [0.3, 0.4) is 0 Å². The number of nitrogens with zero attached hydrogens (tertiary/aromatic N) is 7. The quantitative estimate of drug-likeness (QED) is 0.545. The third kappa shape index (κ3) is 4.34. The highest BCUT2D eigenvalue weighted by Gasteiger charge is 2.10. The van der Waals surface area contributed by atoms with Crippen molar-refractivity contribution in [2.75, 3.05) is 5.32 Å². The average molecular weight is 388 g/mol. The Morgan fingerprint density at radius 1 is 0.966 bits per heavy atom. The van der Waals surface area contributed by atoms with E-state index in [1.54, 1.807) is 47.9 Å². The lowest BCUT2D eigenvalue weighted by molar-refractivity contribution is -0.116. The predicted octanol–water partition coefficient (Wildman–Crippen LogP) is 2.82. The molecule has 4 heterocycles. The lowest BCUT2D eigenvalue weighted by Gasteiger charge is -2.05. The lowest BCUT2D eigenvalue weighted by Crippen LogP contribution is -2.19. The van der Waals surface area contributed by atoms with Gasteiger partial charge in [-0.25, -0.2) is 4.98 Å². The number of nitrogens with one attached hydrogen (secondary N) is 1. The van der Waals surface area contributed by atoms with Crippen LogP contribution in [0, 0.1) is 0 Å². The van der Waals surface area contributed by atoms with E-state index < -0.39 is 0 Å². The molecule has 1 N–H and O–H groups in total. The average Bonchev–Trinajstić information content (AvgIpc) is 3.39. The van der Waals surface area contributed by atoms with Crippen molar-refractivity contribution in [2.45, 2.75) is 26.4 Å². The third-order valence-electron chi connectivity index (χ3n) is 4.29. The molecule has 1 amide bonds. The Labute approximate surface area is 167 Å². The number of carbonyl (C=O) groups excluding carboxylic acids is 1. The summed E-state index contributed by atoms with van der Waals surface area (Å²) < 4.78 is 3.47. The molecule has 9 heteroatoms. The lowest BCUT2D eigenvalue weighted by atomic mass is 10.2. The van der Waals surface area contributed by atoms with Gasteiger partial charge in [-0.15, -0.1) is 0 Å². The summed E-state index contributed by atoms with van der Waals surface area (Å²) in [6, 6.07) is 3.86. The molecule has 4 rings (SSSR count). The molecule has 0 radical (unpaired) electrons. The smallest absolute Gasteiger partial charge is 0.247 e. The summed E-state index contributed by atoms with van der Waals surface area (Å²) in [7, 11) is 0. The second-order valence-corrected chi connectivity index (χ2v) is 6.80. The van der Waals surface area contributed by atoms with Crippen molar-refractivity contribution in [1.29, 1.82) is 0 Å². The first kappa shape index (κ1) is 18.5. The Balaban J connectivity index is 1.38. The fraction of sp³-hybridized carbons (Fsp3) is 0.200. The number of hydrogen-bond acceptors (Lipinski definition) is 6. The largest absolute Gasteiger partial charge is 0.309 e. The number of pyridine rings is 1. The van der Waals surface area contributed by atoms with Gasteiger partial charge in [0.25, 0.3) is 0 Å². The summed E-state index contributed by atoms with van der Waals surface area (Å²) in [4.78, 5) is 24.9. The summed E-state index contributed by atoms with van der Waals surface area (Å²) in [6.07, 6.45) is 13.9. The van der Waals surface area contributed by atoms with E-state index in [-0.39, 0.29) is 18.5 Å². The minimum Gasteiger partial charge on any atom is -0.309 e. The van der Waals surface area contributed by atoms with E-state index in [2.05, 4.69) is 44.3 Å². The van der Waals surface area contributed by atoms with Crippen LogP contribution in [0.2, 0.25) is 0 Å². The number of amides is 1. The summed E-state index contributed by atoms with van der Waals surface area (Å²) >= 11 is 0. The monoisotopic (exact) mass is 388 g/mol. The van der Waals surface area contributed by atoms with Crippen LogP contribution in [0.15, 0.2) is 61.7 Å². The Hall–Kier alpha value is -3.88. The highest BCUT2D eigenvalue weighted by molar-refractivity contribution is 5.89. The van der Waals surface area contributed by atoms with Crippen LogP contribution in [0.4, 0.5) is 5.82 Å². The Morgan fingerprint density at radius 2 is 1.79 bits per heavy atom. The maximum absolute atomic E-state index is 12.3. The molecule has 0 aliphatic carbocycles. The van der Waals surface area contributed by atoms with Gasteiger partial charge in [-0.05, 0) is 26.0 Å². The second-order valence-electron chi connectivity index (χ2n) is 6.80. The maximum Gasteiger partial charge on any atom is 0.247 e. The van der Waals surface area contributed by atoms with Crippen molar-refractivity contribution in [3.8, 4) is 22.4 Å². The predicted molar refractivity (Wildman–Crippen MR) is 108 cm³/mol. The van der Waals surface area contributed by atoms with Gasteiger partial charge >= 0.3 is 0 Å². The van der Waals surface area contributed by atoms with E-state index in [4.69, 9.17) is 0 Å². The van der Waals surface area contributed by atoms with Crippen LogP contribution >= 0.6 is 0 Å². The zero-order chi connectivity index (χ0) is 20.2. The van der Waals surface area contributed by atoms with Gasteiger partial charge in [0.1, 0.15) is 12.4 Å². The molecule has 9 nitrogen and oxygen atoms in total. The first-order valence-electron chi connectivity index (χ1n) is 9.18. The zero-order valence-corrected chi connectivity index (χ0v) is 16.1. The van der Waals surface area contributed by atoms with Gasteiger partial charge in [0.05, 0.1) is 24.3 Å². The molecule has 4 aromatic heterocycles. The van der Waals surface area contributed by atoms with Gasteiger partial charge in [0.2, 0.25) is 5.91 Å². The minimum absolute atomic E-state index is 0.0892. The van der Waals surface area contributed by atoms with Gasteiger partial charge in [-0.1, -0.05) is 0 Å². The first-order chi connectivity index (χ1) is 14.1. The van der Waals surface area contributed by atoms with Crippen LogP contribution < -0.4 is 5.32 Å². The summed E-state index contributed by atoms with van der Waals surface area (Å²) in [5, 5.41) is 11.4. The second kappa shape index (κ2) is 8.01. The van der Waals surface area contributed by atoms with Crippen LogP contribution in [0.25, 0.3) is 22.4 Å². The number of rotatable bonds is 6. The first-order valence-corrected chi connectivity index (χ1v) is 9.18. The molecule has 0 unspecified atom stereocenters. The van der Waals surface area contributed by atoms with Crippen LogP contribution in [0.1, 0.15) is 19.9 Å². The minimum atomic E-state index is -0.211. The number of hydrogen-bond donors (Lipinski definition) is 1. The van der Waals surface area contributed by atoms with Crippen molar-refractivity contribution in [2.24, 2.45) is 0 Å². The molecule has 4 aromatic rings. The summed E-state index contributed by atoms with van der Waals surface area (Å²) in [5.74, 6) is 0.255. The van der Waals surface area contributed by atoms with Crippen molar-refractivity contribution >= 4 is 11.7 Å². The van der Waals surface area contributed by atoms with Gasteiger partial charge in [0.15, 0.2) is 0 Å². The number of aromatic nitrogens is 7. The standard InChI is InChI=1S/C20H20N8O/c1-14(2)28-12-17(9-25-28)16-8-24-27(11-16)13-20(29)26-19-4-3-15(7-23-19)18-10-21-5-6-22-18/h3-12,14H,13H2,1-2H3,(H,23,26,29). The molecule has 0 aliphatic heterocycles. The molecule has 0 atom stereocenters. The number of anilines is 1. The van der Waals surface area contributed by atoms with Crippen molar-refractivity contribution in [1.82, 2.24) is 34.5 Å². The van der Waals surface area contributed by atoms with Gasteiger partial charge < -0.3 is 5.32 Å². The molecular weight excluding hydrogens is 368 g/mol. The highest BCUT2D eigenvalue weighted by Crippen LogP contribution is 2.19. The van der Waals surface area contributed by atoms with Gasteiger partial charge in [-0.2, -0.15) is 10.2 Å². The van der Waals surface area contributed by atoms with E-state index >= 15 is 0 Å². The highest BCUT2D eigenvalue weighted by atomic mass is 16.2. The molecule has 146 valence electrons. The maximum atomic E-state index is 12.3. The summed E-state index contributed by atoms with van der Waals surface area (Å²) in [6.45, 7) is 4.22. The summed E-state index contributed by atoms with van der Waals surface area (Å²) in [5.41, 5.74) is 3.43. The van der Waals surface area contributed by atoms with E-state index in [0.717, 1.165) is 22.4 Å². The fourth-order valence-corrected chi connectivity index (χ4v) is 2.77. The molecule has 0 saturated carbocycles. The molecule has 0 bridgehead atoms. The Morgan fingerprint density at radius 3 is 2.48 bits per heavy atom. The molecule has 0 fully saturated rings. The van der Waals surface area contributed by atoms with Crippen LogP contribution in [-0.4, -0.2) is 40.4 Å². The normalized spacial score (nSPS) is 11.0. The van der Waals surface area contributed by atoms with Gasteiger partial charge in [-0.3, -0.25) is 24.1 Å². The van der Waals surface area contributed by atoms with Crippen molar-refractivity contribution < 1.29 is 4.79 Å². The van der Waals surface area contributed by atoms with Crippen LogP contribution in [0.5, 0.6) is 0 Å². The van der Waals surface area contributed by atoms with Crippen molar-refractivity contribution in [3.63, 3.8) is 0 Å². The van der Waals surface area contributed by atoms with E-state index in [1.165, 1.54) is 0 Å². The SMILES string of the molecule is CC(C)n1cc(-c2cnn(CC(=O)Nc3ccc(-c4cnccn4)cn3)c2)cn1. The molecule has 0 aliphatic rings. The van der Waals surface area contributed by atoms with Crippen molar-refractivity contribution in [3.05, 3.63) is 61.7 Å². The van der Waals surface area contributed by atoms with Gasteiger partial charge in [0, 0.05) is 53.7 Å². The fourth-order valence-electron chi connectivity index (χ4n) is 2.77. The zero-order valence-electron chi connectivity index (χ0n) is 16.1. The van der Waals surface area contributed by atoms with Crippen LogP contribution in [-0.2, 0) is 11.3 Å². The Kier molecular flexibility index (Phi) is 5.10. The van der Waals surface area contributed by atoms with E-state index in [9.17, 15) is 4.79 Å².